The number of fused-ring (bicyclic) bond motifs is 1. The number of carbonyl (C=O) groups excluding carboxylic acids is 1. The van der Waals surface area contributed by atoms with E-state index < -0.39 is 0 Å². The number of H-pyrrole nitrogens is 1. The summed E-state index contributed by atoms with van der Waals surface area (Å²) >= 11 is 1.37. The first kappa shape index (κ1) is 20.4. The lowest BCUT2D eigenvalue weighted by Gasteiger charge is -2.19. The molecule has 1 N–H and O–H groups in total. The van der Waals surface area contributed by atoms with Crippen molar-refractivity contribution in [3.8, 4) is 5.75 Å². The molecule has 0 bridgehead atoms. The first-order chi connectivity index (χ1) is 15.6. The van der Waals surface area contributed by atoms with E-state index in [1.807, 2.05) is 61.5 Å². The van der Waals surface area contributed by atoms with E-state index in [1.165, 1.54) is 16.8 Å². The standard InChI is InChI=1S/C24H22N4O3S/c1-15-5-10-18-20(12-15)26-24(25-18)32-14-23(29)28-21(22-4-3-11-31-22)13-19(27-28)16-6-8-17(30-2)9-7-16/h3-12,21H,13-14H2,1-2H3,(H,25,26). The van der Waals surface area contributed by atoms with Gasteiger partial charge in [-0.15, -0.1) is 0 Å². The summed E-state index contributed by atoms with van der Waals surface area (Å²) in [6.07, 6.45) is 2.20. The van der Waals surface area contributed by atoms with Gasteiger partial charge in [0.25, 0.3) is 5.91 Å². The maximum absolute atomic E-state index is 13.2. The zero-order chi connectivity index (χ0) is 22.1. The fourth-order valence-corrected chi connectivity index (χ4v) is 4.50. The Labute approximate surface area is 189 Å². The van der Waals surface area contributed by atoms with Gasteiger partial charge in [0.15, 0.2) is 5.16 Å². The number of hydrogen-bond acceptors (Lipinski definition) is 6. The smallest absolute Gasteiger partial charge is 0.253 e. The number of imidazole rings is 1. The number of rotatable bonds is 6. The highest BCUT2D eigenvalue weighted by molar-refractivity contribution is 7.99. The van der Waals surface area contributed by atoms with E-state index >= 15 is 0 Å². The van der Waals surface area contributed by atoms with Crippen molar-refractivity contribution in [1.82, 2.24) is 15.0 Å². The van der Waals surface area contributed by atoms with Gasteiger partial charge in [0, 0.05) is 6.42 Å². The lowest BCUT2D eigenvalue weighted by atomic mass is 10.0. The molecule has 1 amide bonds. The van der Waals surface area contributed by atoms with Crippen LogP contribution in [0.2, 0.25) is 0 Å². The number of aromatic nitrogens is 2. The van der Waals surface area contributed by atoms with Crippen molar-refractivity contribution < 1.29 is 13.9 Å². The van der Waals surface area contributed by atoms with E-state index in [4.69, 9.17) is 9.15 Å². The van der Waals surface area contributed by atoms with Gasteiger partial charge < -0.3 is 14.1 Å². The number of thioether (sulfide) groups is 1. The van der Waals surface area contributed by atoms with E-state index in [9.17, 15) is 4.79 Å². The van der Waals surface area contributed by atoms with E-state index in [2.05, 4.69) is 15.1 Å². The van der Waals surface area contributed by atoms with Gasteiger partial charge in [-0.05, 0) is 66.6 Å². The molecule has 2 aromatic carbocycles. The van der Waals surface area contributed by atoms with Crippen molar-refractivity contribution in [2.24, 2.45) is 5.10 Å². The van der Waals surface area contributed by atoms with Crippen molar-refractivity contribution in [2.45, 2.75) is 24.5 Å². The number of methoxy groups -OCH3 is 1. The second-order valence-electron chi connectivity index (χ2n) is 7.60. The van der Waals surface area contributed by atoms with Crippen molar-refractivity contribution in [1.29, 1.82) is 0 Å². The van der Waals surface area contributed by atoms with Crippen LogP contribution in [0.4, 0.5) is 0 Å². The monoisotopic (exact) mass is 446 g/mol. The molecule has 0 fully saturated rings. The quantitative estimate of drug-likeness (QED) is 0.424. The fourth-order valence-electron chi connectivity index (χ4n) is 3.77. The average molecular weight is 447 g/mol. The van der Waals surface area contributed by atoms with Gasteiger partial charge in [-0.25, -0.2) is 9.99 Å². The summed E-state index contributed by atoms with van der Waals surface area (Å²) in [5, 5.41) is 6.93. The first-order valence-corrected chi connectivity index (χ1v) is 11.3. The lowest BCUT2D eigenvalue weighted by Crippen LogP contribution is -2.28. The Morgan fingerprint density at radius 1 is 1.25 bits per heavy atom. The van der Waals surface area contributed by atoms with Crippen LogP contribution in [0.3, 0.4) is 0 Å². The molecule has 5 rings (SSSR count). The minimum atomic E-state index is -0.270. The Bertz CT molecular complexity index is 1280. The van der Waals surface area contributed by atoms with Crippen LogP contribution < -0.4 is 4.74 Å². The number of amides is 1. The molecule has 2 aromatic heterocycles. The molecule has 7 nitrogen and oxygen atoms in total. The second-order valence-corrected chi connectivity index (χ2v) is 8.56. The molecule has 162 valence electrons. The van der Waals surface area contributed by atoms with Crippen LogP contribution in [0.5, 0.6) is 5.75 Å². The third-order valence-electron chi connectivity index (χ3n) is 5.41. The maximum Gasteiger partial charge on any atom is 0.253 e. The summed E-state index contributed by atoms with van der Waals surface area (Å²) < 4.78 is 10.9. The van der Waals surface area contributed by atoms with Crippen LogP contribution in [-0.4, -0.2) is 39.5 Å². The molecule has 0 saturated heterocycles. The number of aryl methyl sites for hydroxylation is 1. The SMILES string of the molecule is COc1ccc(C2=NN(C(=O)CSc3nc4ccc(C)cc4[nH]3)C(c3ccco3)C2)cc1. The van der Waals surface area contributed by atoms with Crippen LogP contribution in [0.25, 0.3) is 11.0 Å². The van der Waals surface area contributed by atoms with Crippen molar-refractivity contribution in [3.05, 3.63) is 77.7 Å². The molecule has 0 saturated carbocycles. The van der Waals surface area contributed by atoms with Crippen molar-refractivity contribution in [3.63, 3.8) is 0 Å². The van der Waals surface area contributed by atoms with Crippen molar-refractivity contribution in [2.75, 3.05) is 12.9 Å². The predicted octanol–water partition coefficient (Wildman–Crippen LogP) is 4.94. The van der Waals surface area contributed by atoms with E-state index in [0.29, 0.717) is 11.6 Å². The highest BCUT2D eigenvalue weighted by atomic mass is 32.2. The van der Waals surface area contributed by atoms with Gasteiger partial charge in [-0.1, -0.05) is 17.8 Å². The highest BCUT2D eigenvalue weighted by Crippen LogP contribution is 2.34. The topological polar surface area (TPSA) is 83.7 Å². The number of furan rings is 1. The number of benzene rings is 2. The van der Waals surface area contributed by atoms with E-state index in [-0.39, 0.29) is 17.7 Å². The van der Waals surface area contributed by atoms with Gasteiger partial charge in [0.05, 0.1) is 35.9 Å². The summed E-state index contributed by atoms with van der Waals surface area (Å²) in [5.41, 5.74) is 4.81. The maximum atomic E-state index is 13.2. The minimum Gasteiger partial charge on any atom is -0.497 e. The second kappa shape index (κ2) is 8.55. The molecule has 32 heavy (non-hydrogen) atoms. The molecule has 0 spiro atoms. The highest BCUT2D eigenvalue weighted by Gasteiger charge is 2.34. The van der Waals surface area contributed by atoms with Gasteiger partial charge in [-0.2, -0.15) is 5.10 Å². The first-order valence-electron chi connectivity index (χ1n) is 10.3. The number of nitrogens with one attached hydrogen (secondary N) is 1. The molecule has 3 heterocycles. The molecule has 4 aromatic rings. The van der Waals surface area contributed by atoms with Crippen molar-refractivity contribution >= 4 is 34.4 Å². The molecule has 1 aliphatic rings. The molecule has 1 unspecified atom stereocenters. The zero-order valence-corrected chi connectivity index (χ0v) is 18.6. The summed E-state index contributed by atoms with van der Waals surface area (Å²) in [7, 11) is 1.64. The van der Waals surface area contributed by atoms with E-state index in [1.54, 1.807) is 13.4 Å². The zero-order valence-electron chi connectivity index (χ0n) is 17.7. The largest absolute Gasteiger partial charge is 0.497 e. The van der Waals surface area contributed by atoms with Crippen LogP contribution in [-0.2, 0) is 4.79 Å². The van der Waals surface area contributed by atoms with Gasteiger partial charge >= 0.3 is 0 Å². The molecular weight excluding hydrogens is 424 g/mol. The Morgan fingerprint density at radius 3 is 2.84 bits per heavy atom. The van der Waals surface area contributed by atoms with Crippen LogP contribution in [0.15, 0.2) is 75.5 Å². The normalized spacial score (nSPS) is 15.9. The van der Waals surface area contributed by atoms with Crippen LogP contribution in [0, 0.1) is 6.92 Å². The van der Waals surface area contributed by atoms with Gasteiger partial charge in [-0.3, -0.25) is 4.79 Å². The summed E-state index contributed by atoms with van der Waals surface area (Å²) in [5.74, 6) is 1.61. The summed E-state index contributed by atoms with van der Waals surface area (Å²) in [6.45, 7) is 2.04. The Hall–Kier alpha value is -3.52. The third-order valence-corrected chi connectivity index (χ3v) is 6.27. The Kier molecular flexibility index (Phi) is 5.45. The number of carbonyl (C=O) groups is 1. The van der Waals surface area contributed by atoms with Crippen LogP contribution >= 0.6 is 11.8 Å². The third kappa shape index (κ3) is 4.01. The molecule has 1 aliphatic heterocycles. The molecular formula is C24H22N4O3S. The Balaban J connectivity index is 1.36. The van der Waals surface area contributed by atoms with Crippen LogP contribution in [0.1, 0.15) is 29.3 Å². The minimum absolute atomic E-state index is 0.100. The van der Waals surface area contributed by atoms with E-state index in [0.717, 1.165) is 39.4 Å². The number of ether oxygens (including phenoxy) is 1. The fraction of sp³-hybridized carbons (Fsp3) is 0.208. The van der Waals surface area contributed by atoms with Gasteiger partial charge in [0.1, 0.15) is 17.6 Å². The molecule has 0 radical (unpaired) electrons. The average Bonchev–Trinajstić information content (AvgIpc) is 3.56. The number of hydrogen-bond donors (Lipinski definition) is 1. The summed E-state index contributed by atoms with van der Waals surface area (Å²) in [6, 6.07) is 17.2. The number of aromatic amines is 1. The number of nitrogens with zero attached hydrogens (tertiary/aromatic N) is 3. The summed E-state index contributed by atoms with van der Waals surface area (Å²) in [4.78, 5) is 21.0. The Morgan fingerprint density at radius 2 is 2.09 bits per heavy atom. The predicted molar refractivity (Wildman–Crippen MR) is 124 cm³/mol. The number of hydrazone groups is 1. The van der Waals surface area contributed by atoms with Gasteiger partial charge in [0.2, 0.25) is 0 Å². The molecule has 0 aliphatic carbocycles. The molecule has 8 heteroatoms. The lowest BCUT2D eigenvalue weighted by molar-refractivity contribution is -0.130. The molecule has 1 atom stereocenters.